The number of nitrogens with one attached hydrogen (secondary N) is 2. The highest BCUT2D eigenvalue weighted by atomic mass is 19.3. The molecule has 0 radical (unpaired) electrons. The summed E-state index contributed by atoms with van der Waals surface area (Å²) in [6.45, 7) is 1.29. The first-order valence-corrected chi connectivity index (χ1v) is 5.33. The molecular formula is C11H12F2N4O. The molecule has 0 saturated carbocycles. The molecule has 0 aliphatic heterocycles. The number of rotatable bonds is 4. The third kappa shape index (κ3) is 2.73. The maximum absolute atomic E-state index is 12.3. The van der Waals surface area contributed by atoms with Gasteiger partial charge in [-0.1, -0.05) is 0 Å². The van der Waals surface area contributed by atoms with Gasteiger partial charge in [-0.3, -0.25) is 9.89 Å². The Kier molecular flexibility index (Phi) is 3.40. The minimum atomic E-state index is -2.50. The van der Waals surface area contributed by atoms with E-state index in [2.05, 4.69) is 15.5 Å². The van der Waals surface area contributed by atoms with Crippen molar-refractivity contribution in [2.45, 2.75) is 19.9 Å². The Hall–Kier alpha value is -2.18. The molecule has 2 aromatic rings. The summed E-state index contributed by atoms with van der Waals surface area (Å²) < 4.78 is 25.8. The summed E-state index contributed by atoms with van der Waals surface area (Å²) in [6, 6.07) is 4.68. The van der Waals surface area contributed by atoms with Crippen LogP contribution in [-0.2, 0) is 6.54 Å². The second-order valence-electron chi connectivity index (χ2n) is 3.83. The standard InChI is InChI=1S/C11H12F2N4O/c1-7-5-10(16-15-7)14-11(18)8-3-2-4-17(8)6-9(12)13/h2-5,9H,6H2,1H3,(H2,14,15,16,18). The number of anilines is 1. The summed E-state index contributed by atoms with van der Waals surface area (Å²) in [4.78, 5) is 11.9. The Labute approximate surface area is 102 Å². The molecule has 0 atom stereocenters. The summed E-state index contributed by atoms with van der Waals surface area (Å²) in [5.74, 6) is -0.102. The van der Waals surface area contributed by atoms with E-state index in [0.717, 1.165) is 5.69 Å². The quantitative estimate of drug-likeness (QED) is 0.877. The molecule has 2 rings (SSSR count). The predicted molar refractivity (Wildman–Crippen MR) is 61.7 cm³/mol. The van der Waals surface area contributed by atoms with Gasteiger partial charge in [0.15, 0.2) is 5.82 Å². The van der Waals surface area contributed by atoms with Crippen molar-refractivity contribution >= 4 is 11.7 Å². The molecule has 1 amide bonds. The molecule has 0 unspecified atom stereocenters. The number of hydrogen-bond donors (Lipinski definition) is 2. The monoisotopic (exact) mass is 254 g/mol. The van der Waals surface area contributed by atoms with E-state index < -0.39 is 18.9 Å². The number of carbonyl (C=O) groups excluding carboxylic acids is 1. The number of hydrogen-bond acceptors (Lipinski definition) is 2. The number of halogens is 2. The van der Waals surface area contributed by atoms with Gasteiger partial charge < -0.3 is 9.88 Å². The Bertz CT molecular complexity index is 547. The largest absolute Gasteiger partial charge is 0.338 e. The van der Waals surface area contributed by atoms with Crippen LogP contribution in [0.25, 0.3) is 0 Å². The molecule has 2 heterocycles. The molecule has 0 aliphatic rings. The third-order valence-electron chi connectivity index (χ3n) is 2.34. The van der Waals surface area contributed by atoms with Gasteiger partial charge in [-0.25, -0.2) is 8.78 Å². The Morgan fingerprint density at radius 1 is 1.61 bits per heavy atom. The lowest BCUT2D eigenvalue weighted by molar-refractivity contribution is 0.0997. The van der Waals surface area contributed by atoms with Crippen molar-refractivity contribution in [1.82, 2.24) is 14.8 Å². The van der Waals surface area contributed by atoms with Crippen molar-refractivity contribution in [3.8, 4) is 0 Å². The fourth-order valence-electron chi connectivity index (χ4n) is 1.59. The van der Waals surface area contributed by atoms with E-state index in [9.17, 15) is 13.6 Å². The zero-order valence-electron chi connectivity index (χ0n) is 9.65. The normalized spacial score (nSPS) is 10.9. The van der Waals surface area contributed by atoms with Gasteiger partial charge in [0.1, 0.15) is 5.69 Å². The topological polar surface area (TPSA) is 62.7 Å². The van der Waals surface area contributed by atoms with Crippen molar-refractivity contribution in [2.75, 3.05) is 5.32 Å². The van der Waals surface area contributed by atoms with Crippen molar-refractivity contribution in [3.63, 3.8) is 0 Å². The van der Waals surface area contributed by atoms with Crippen LogP contribution in [0.5, 0.6) is 0 Å². The highest BCUT2D eigenvalue weighted by molar-refractivity contribution is 6.02. The van der Waals surface area contributed by atoms with Crippen LogP contribution in [0.15, 0.2) is 24.4 Å². The SMILES string of the molecule is Cc1cc(NC(=O)c2cccn2CC(F)F)n[nH]1. The number of aromatic amines is 1. The van der Waals surface area contributed by atoms with Crippen molar-refractivity contribution in [3.05, 3.63) is 35.8 Å². The number of aromatic nitrogens is 3. The van der Waals surface area contributed by atoms with Gasteiger partial charge in [0.05, 0.1) is 6.54 Å². The van der Waals surface area contributed by atoms with Crippen molar-refractivity contribution in [1.29, 1.82) is 0 Å². The second kappa shape index (κ2) is 4.99. The summed E-state index contributed by atoms with van der Waals surface area (Å²) in [5.41, 5.74) is 0.976. The average molecular weight is 254 g/mol. The number of nitrogens with zero attached hydrogens (tertiary/aromatic N) is 2. The fourth-order valence-corrected chi connectivity index (χ4v) is 1.59. The Balaban J connectivity index is 2.11. The van der Waals surface area contributed by atoms with Gasteiger partial charge in [0, 0.05) is 18.0 Å². The first kappa shape index (κ1) is 12.3. The van der Waals surface area contributed by atoms with Gasteiger partial charge in [-0.05, 0) is 19.1 Å². The molecule has 7 heteroatoms. The van der Waals surface area contributed by atoms with Gasteiger partial charge in [-0.2, -0.15) is 5.10 Å². The maximum atomic E-state index is 12.3. The molecule has 96 valence electrons. The van der Waals surface area contributed by atoms with Crippen LogP contribution in [0.4, 0.5) is 14.6 Å². The lowest BCUT2D eigenvalue weighted by Crippen LogP contribution is -2.19. The summed E-state index contributed by atoms with van der Waals surface area (Å²) in [7, 11) is 0. The van der Waals surface area contributed by atoms with E-state index in [4.69, 9.17) is 0 Å². The van der Waals surface area contributed by atoms with E-state index in [0.29, 0.717) is 5.82 Å². The van der Waals surface area contributed by atoms with Crippen molar-refractivity contribution < 1.29 is 13.6 Å². The molecule has 0 saturated heterocycles. The molecule has 0 aromatic carbocycles. The van der Waals surface area contributed by atoms with E-state index >= 15 is 0 Å². The lowest BCUT2D eigenvalue weighted by atomic mass is 10.4. The number of alkyl halides is 2. The summed E-state index contributed by atoms with van der Waals surface area (Å²) in [6.07, 6.45) is -1.06. The van der Waals surface area contributed by atoms with E-state index in [1.807, 2.05) is 0 Å². The molecule has 2 N–H and O–H groups in total. The predicted octanol–water partition coefficient (Wildman–Crippen LogP) is 2.04. The van der Waals surface area contributed by atoms with Crippen molar-refractivity contribution in [2.24, 2.45) is 0 Å². The highest BCUT2D eigenvalue weighted by Gasteiger charge is 2.14. The zero-order chi connectivity index (χ0) is 13.1. The summed E-state index contributed by atoms with van der Waals surface area (Å²) >= 11 is 0. The van der Waals surface area contributed by atoms with E-state index in [1.165, 1.54) is 16.8 Å². The summed E-state index contributed by atoms with van der Waals surface area (Å²) in [5, 5.41) is 9.05. The number of aryl methyl sites for hydroxylation is 1. The number of amides is 1. The van der Waals surface area contributed by atoms with Gasteiger partial charge in [0.2, 0.25) is 0 Å². The van der Waals surface area contributed by atoms with Crippen LogP contribution < -0.4 is 5.32 Å². The minimum absolute atomic E-state index is 0.177. The van der Waals surface area contributed by atoms with E-state index in [-0.39, 0.29) is 5.69 Å². The zero-order valence-corrected chi connectivity index (χ0v) is 9.65. The van der Waals surface area contributed by atoms with Crippen LogP contribution in [0, 0.1) is 6.92 Å². The minimum Gasteiger partial charge on any atom is -0.338 e. The number of carbonyl (C=O) groups is 1. The van der Waals surface area contributed by atoms with Gasteiger partial charge in [-0.15, -0.1) is 0 Å². The fraction of sp³-hybridized carbons (Fsp3) is 0.273. The first-order valence-electron chi connectivity index (χ1n) is 5.33. The smallest absolute Gasteiger partial charge is 0.273 e. The maximum Gasteiger partial charge on any atom is 0.273 e. The Morgan fingerprint density at radius 2 is 2.39 bits per heavy atom. The lowest BCUT2D eigenvalue weighted by Gasteiger charge is -2.07. The van der Waals surface area contributed by atoms with E-state index in [1.54, 1.807) is 19.1 Å². The first-order chi connectivity index (χ1) is 8.56. The molecule has 5 nitrogen and oxygen atoms in total. The average Bonchev–Trinajstić information content (AvgIpc) is 2.87. The van der Waals surface area contributed by atoms with Gasteiger partial charge >= 0.3 is 0 Å². The number of H-pyrrole nitrogens is 1. The Morgan fingerprint density at radius 3 is 3.00 bits per heavy atom. The molecule has 0 aliphatic carbocycles. The molecule has 18 heavy (non-hydrogen) atoms. The van der Waals surface area contributed by atoms with Crippen LogP contribution in [0.1, 0.15) is 16.2 Å². The molecule has 2 aromatic heterocycles. The van der Waals surface area contributed by atoms with Gasteiger partial charge in [0.25, 0.3) is 12.3 Å². The molecule has 0 spiro atoms. The van der Waals surface area contributed by atoms with Crippen LogP contribution in [0.3, 0.4) is 0 Å². The molecule has 0 bridgehead atoms. The molecular weight excluding hydrogens is 242 g/mol. The second-order valence-corrected chi connectivity index (χ2v) is 3.83. The third-order valence-corrected chi connectivity index (χ3v) is 2.34. The van der Waals surface area contributed by atoms with Crippen LogP contribution >= 0.6 is 0 Å². The van der Waals surface area contributed by atoms with Crippen LogP contribution in [-0.4, -0.2) is 27.1 Å². The highest BCUT2D eigenvalue weighted by Crippen LogP contribution is 2.10. The van der Waals surface area contributed by atoms with Crippen LogP contribution in [0.2, 0.25) is 0 Å². The molecule has 0 fully saturated rings.